The van der Waals surface area contributed by atoms with Crippen LogP contribution in [0.5, 0.6) is 5.75 Å². The molecule has 1 aliphatic rings. The monoisotopic (exact) mass is 377 g/mol. The van der Waals surface area contributed by atoms with Crippen LogP contribution in [0, 0.1) is 11.3 Å². The molecule has 0 aromatic heterocycles. The lowest BCUT2D eigenvalue weighted by Gasteiger charge is -2.31. The summed E-state index contributed by atoms with van der Waals surface area (Å²) in [7, 11) is 1.59. The van der Waals surface area contributed by atoms with E-state index in [0.717, 1.165) is 32.7 Å². The molecule has 6 heteroatoms. The van der Waals surface area contributed by atoms with Crippen molar-refractivity contribution in [1.29, 1.82) is 5.26 Å². The van der Waals surface area contributed by atoms with Gasteiger partial charge in [-0.1, -0.05) is 30.3 Å². The minimum atomic E-state index is -0.397. The number of piperazine rings is 1. The molecule has 28 heavy (non-hydrogen) atoms. The third kappa shape index (κ3) is 5.35. The molecule has 1 heterocycles. The van der Waals surface area contributed by atoms with Crippen molar-refractivity contribution in [2.75, 3.05) is 38.6 Å². The number of ether oxygens (including phenoxy) is 1. The number of hydrogen-bond acceptors (Lipinski definition) is 4. The number of hydrogen-bond donors (Lipinski definition) is 2. The van der Waals surface area contributed by atoms with Crippen LogP contribution in [0.2, 0.25) is 0 Å². The number of benzene rings is 2. The lowest BCUT2D eigenvalue weighted by atomic mass is 10.2. The zero-order chi connectivity index (χ0) is 19.8. The van der Waals surface area contributed by atoms with Gasteiger partial charge >= 0.3 is 0 Å². The number of amides is 1. The largest absolute Gasteiger partial charge is 0.497 e. The smallest absolute Gasteiger partial charge is 0.267 e. The minimum Gasteiger partial charge on any atom is -0.497 e. The summed E-state index contributed by atoms with van der Waals surface area (Å²) in [5, 5.41) is 12.2. The highest BCUT2D eigenvalue weighted by Crippen LogP contribution is 2.15. The average molecular weight is 377 g/mol. The van der Waals surface area contributed by atoms with Gasteiger partial charge in [0.15, 0.2) is 0 Å². The second-order valence-corrected chi connectivity index (χ2v) is 6.79. The molecule has 0 atom stereocenters. The van der Waals surface area contributed by atoms with E-state index in [1.165, 1.54) is 10.5 Å². The Balaban J connectivity index is 1.54. The molecule has 1 amide bonds. The van der Waals surface area contributed by atoms with E-state index in [0.29, 0.717) is 11.4 Å². The summed E-state index contributed by atoms with van der Waals surface area (Å²) >= 11 is 0. The molecule has 2 aromatic rings. The molecule has 3 rings (SSSR count). The van der Waals surface area contributed by atoms with Crippen molar-refractivity contribution in [3.8, 4) is 11.8 Å². The van der Waals surface area contributed by atoms with Crippen LogP contribution in [0.15, 0.2) is 66.4 Å². The Morgan fingerprint density at radius 3 is 2.46 bits per heavy atom. The van der Waals surface area contributed by atoms with Gasteiger partial charge in [-0.15, -0.1) is 0 Å². The quantitative estimate of drug-likeness (QED) is 0.590. The normalized spacial score (nSPS) is 15.0. The maximum atomic E-state index is 12.4. The van der Waals surface area contributed by atoms with E-state index in [2.05, 4.69) is 34.5 Å². The standard InChI is InChI=1S/C22H24N4O2/c1-28-21-9-7-20(8-10-21)24-22(27)19(15-23)17-26-13-11-25(12-14-26)16-18-5-3-2-4-6-18/h2-10,17H,11-14,16H2,1H3,(H,24,27)/p+1/b19-17+. The Morgan fingerprint density at radius 2 is 1.86 bits per heavy atom. The third-order valence-electron chi connectivity index (χ3n) is 4.83. The van der Waals surface area contributed by atoms with Crippen molar-refractivity contribution in [2.45, 2.75) is 6.54 Å². The fourth-order valence-electron chi connectivity index (χ4n) is 3.22. The molecule has 1 aliphatic heterocycles. The number of carbonyl (C=O) groups excluding carboxylic acids is 1. The van der Waals surface area contributed by atoms with Gasteiger partial charge in [-0.25, -0.2) is 0 Å². The number of nitrogens with one attached hydrogen (secondary N) is 2. The van der Waals surface area contributed by atoms with Gasteiger partial charge in [0.2, 0.25) is 0 Å². The first-order valence-corrected chi connectivity index (χ1v) is 9.37. The maximum Gasteiger partial charge on any atom is 0.267 e. The van der Waals surface area contributed by atoms with Crippen molar-refractivity contribution in [1.82, 2.24) is 4.90 Å². The van der Waals surface area contributed by atoms with Crippen LogP contribution in [-0.2, 0) is 11.3 Å². The average Bonchev–Trinajstić information content (AvgIpc) is 2.74. The molecular formula is C22H25N4O2+. The summed E-state index contributed by atoms with van der Waals surface area (Å²) < 4.78 is 5.10. The molecule has 0 aliphatic carbocycles. The Labute approximate surface area is 165 Å². The number of rotatable bonds is 6. The Bertz CT molecular complexity index is 848. The maximum absolute atomic E-state index is 12.4. The van der Waals surface area contributed by atoms with Gasteiger partial charge < -0.3 is 19.9 Å². The number of anilines is 1. The molecule has 1 saturated heterocycles. The molecule has 2 N–H and O–H groups in total. The Hall–Kier alpha value is -3.30. The van der Waals surface area contributed by atoms with Crippen molar-refractivity contribution >= 4 is 11.6 Å². The van der Waals surface area contributed by atoms with Crippen LogP contribution in [0.4, 0.5) is 5.69 Å². The van der Waals surface area contributed by atoms with Gasteiger partial charge in [-0.05, 0) is 24.3 Å². The summed E-state index contributed by atoms with van der Waals surface area (Å²) in [5.41, 5.74) is 2.07. The predicted octanol–water partition coefficient (Wildman–Crippen LogP) is 1.44. The lowest BCUT2D eigenvalue weighted by Crippen LogP contribution is -3.13. The highest BCUT2D eigenvalue weighted by atomic mass is 16.5. The van der Waals surface area contributed by atoms with E-state index in [4.69, 9.17) is 4.74 Å². The van der Waals surface area contributed by atoms with E-state index in [9.17, 15) is 10.1 Å². The molecule has 0 saturated carbocycles. The summed E-state index contributed by atoms with van der Waals surface area (Å²) in [6, 6.07) is 19.5. The van der Waals surface area contributed by atoms with E-state index in [-0.39, 0.29) is 5.57 Å². The van der Waals surface area contributed by atoms with Crippen LogP contribution < -0.4 is 15.0 Å². The predicted molar refractivity (Wildman–Crippen MR) is 108 cm³/mol. The fourth-order valence-corrected chi connectivity index (χ4v) is 3.22. The van der Waals surface area contributed by atoms with Gasteiger partial charge in [0.1, 0.15) is 23.9 Å². The molecule has 6 nitrogen and oxygen atoms in total. The van der Waals surface area contributed by atoms with Crippen molar-refractivity contribution in [2.24, 2.45) is 0 Å². The SMILES string of the molecule is COc1ccc(NC(=O)/C(C#N)=C/N2CC[NH+](Cc3ccccc3)CC2)cc1. The third-order valence-corrected chi connectivity index (χ3v) is 4.83. The summed E-state index contributed by atoms with van der Waals surface area (Å²) in [4.78, 5) is 16.0. The topological polar surface area (TPSA) is 69.8 Å². The molecule has 1 fully saturated rings. The first-order chi connectivity index (χ1) is 13.7. The van der Waals surface area contributed by atoms with Gasteiger partial charge in [0.25, 0.3) is 5.91 Å². The Kier molecular flexibility index (Phi) is 6.66. The molecule has 0 bridgehead atoms. The Morgan fingerprint density at radius 1 is 1.18 bits per heavy atom. The van der Waals surface area contributed by atoms with Crippen molar-refractivity contribution in [3.05, 3.63) is 71.9 Å². The van der Waals surface area contributed by atoms with Crippen LogP contribution in [0.3, 0.4) is 0 Å². The number of methoxy groups -OCH3 is 1. The van der Waals surface area contributed by atoms with Crippen LogP contribution >= 0.6 is 0 Å². The van der Waals surface area contributed by atoms with Gasteiger partial charge in [-0.2, -0.15) is 5.26 Å². The molecule has 0 spiro atoms. The number of quaternary nitrogens is 1. The van der Waals surface area contributed by atoms with Crippen molar-refractivity contribution < 1.29 is 14.4 Å². The summed E-state index contributed by atoms with van der Waals surface area (Å²) in [5.74, 6) is 0.316. The first-order valence-electron chi connectivity index (χ1n) is 9.37. The van der Waals surface area contributed by atoms with Gasteiger partial charge in [0.05, 0.1) is 33.3 Å². The lowest BCUT2D eigenvalue weighted by molar-refractivity contribution is -0.917. The second kappa shape index (κ2) is 9.58. The number of carbonyl (C=O) groups is 1. The van der Waals surface area contributed by atoms with E-state index >= 15 is 0 Å². The molecule has 0 radical (unpaired) electrons. The zero-order valence-corrected chi connectivity index (χ0v) is 16.0. The highest BCUT2D eigenvalue weighted by molar-refractivity contribution is 6.06. The van der Waals surface area contributed by atoms with Crippen molar-refractivity contribution in [3.63, 3.8) is 0 Å². The summed E-state index contributed by atoms with van der Waals surface area (Å²) in [6.45, 7) is 4.60. The van der Waals surface area contributed by atoms with Gasteiger partial charge in [-0.3, -0.25) is 4.79 Å². The van der Waals surface area contributed by atoms with E-state index in [1.807, 2.05) is 12.1 Å². The highest BCUT2D eigenvalue weighted by Gasteiger charge is 2.20. The van der Waals surface area contributed by atoms with Crippen LogP contribution in [-0.4, -0.2) is 44.1 Å². The summed E-state index contributed by atoms with van der Waals surface area (Å²) in [6.07, 6.45) is 1.68. The zero-order valence-electron chi connectivity index (χ0n) is 16.0. The number of nitrogens with zero attached hydrogens (tertiary/aromatic N) is 2. The van der Waals surface area contributed by atoms with E-state index < -0.39 is 5.91 Å². The molecule has 144 valence electrons. The van der Waals surface area contributed by atoms with Crippen LogP contribution in [0.25, 0.3) is 0 Å². The molecule has 0 unspecified atom stereocenters. The fraction of sp³-hybridized carbons (Fsp3) is 0.273. The van der Waals surface area contributed by atoms with Gasteiger partial charge in [0, 0.05) is 17.5 Å². The first kappa shape index (κ1) is 19.5. The second-order valence-electron chi connectivity index (χ2n) is 6.79. The van der Waals surface area contributed by atoms with E-state index in [1.54, 1.807) is 37.6 Å². The molecular weight excluding hydrogens is 352 g/mol. The number of nitriles is 1. The molecule has 2 aromatic carbocycles. The van der Waals surface area contributed by atoms with Crippen LogP contribution in [0.1, 0.15) is 5.56 Å². The minimum absolute atomic E-state index is 0.113.